The second-order valence-corrected chi connectivity index (χ2v) is 7.41. The van der Waals surface area contributed by atoms with Crippen LogP contribution in [0.2, 0.25) is 0 Å². The Balaban J connectivity index is 1.75. The molecule has 0 aliphatic carbocycles. The minimum Gasteiger partial charge on any atom is -0.455 e. The summed E-state index contributed by atoms with van der Waals surface area (Å²) in [6, 6.07) is 25.3. The minimum absolute atomic E-state index is 0.906. The van der Waals surface area contributed by atoms with Gasteiger partial charge in [-0.2, -0.15) is 0 Å². The zero-order valence-corrected chi connectivity index (χ0v) is 15.7. The van der Waals surface area contributed by atoms with Gasteiger partial charge in [0.2, 0.25) is 0 Å². The first-order chi connectivity index (χ1) is 13.7. The molecule has 0 radical (unpaired) electrons. The first-order valence-corrected chi connectivity index (χ1v) is 9.47. The molecule has 0 bridgehead atoms. The van der Waals surface area contributed by atoms with Crippen LogP contribution < -0.4 is 0 Å². The number of para-hydroxylation sites is 2. The Morgan fingerprint density at radius 3 is 2.39 bits per heavy atom. The molecule has 6 aromatic rings. The van der Waals surface area contributed by atoms with Crippen molar-refractivity contribution in [1.82, 2.24) is 9.55 Å². The predicted molar refractivity (Wildman–Crippen MR) is 116 cm³/mol. The third-order valence-electron chi connectivity index (χ3n) is 5.73. The van der Waals surface area contributed by atoms with Crippen LogP contribution in [0.1, 0.15) is 5.56 Å². The van der Waals surface area contributed by atoms with Gasteiger partial charge in [-0.3, -0.25) is 0 Å². The van der Waals surface area contributed by atoms with Crippen molar-refractivity contribution in [3.8, 4) is 11.4 Å². The van der Waals surface area contributed by atoms with E-state index in [1.165, 1.54) is 10.8 Å². The number of rotatable bonds is 1. The number of aryl methyl sites for hydroxylation is 2. The fourth-order valence-electron chi connectivity index (χ4n) is 4.27. The fourth-order valence-corrected chi connectivity index (χ4v) is 4.27. The molecule has 0 atom stereocenters. The molecule has 0 aliphatic heterocycles. The number of nitrogens with zero attached hydrogens (tertiary/aromatic N) is 2. The summed E-state index contributed by atoms with van der Waals surface area (Å²) >= 11 is 0. The molecule has 0 saturated heterocycles. The van der Waals surface area contributed by atoms with E-state index >= 15 is 0 Å². The molecule has 0 N–H and O–H groups in total. The van der Waals surface area contributed by atoms with Crippen LogP contribution in [-0.4, -0.2) is 9.55 Å². The number of furan rings is 1. The predicted octanol–water partition coefficient (Wildman–Crippen LogP) is 6.60. The van der Waals surface area contributed by atoms with Crippen molar-refractivity contribution >= 4 is 43.7 Å². The first-order valence-electron chi connectivity index (χ1n) is 9.47. The van der Waals surface area contributed by atoms with Gasteiger partial charge in [0, 0.05) is 17.8 Å². The summed E-state index contributed by atoms with van der Waals surface area (Å²) in [6.07, 6.45) is 0. The average Bonchev–Trinajstić information content (AvgIpc) is 3.24. The van der Waals surface area contributed by atoms with Crippen LogP contribution in [0.3, 0.4) is 0 Å². The molecule has 0 fully saturated rings. The third-order valence-corrected chi connectivity index (χ3v) is 5.73. The summed E-state index contributed by atoms with van der Waals surface area (Å²) in [6.45, 7) is 2.12. The van der Waals surface area contributed by atoms with Gasteiger partial charge in [-0.05, 0) is 47.5 Å². The Kier molecular flexibility index (Phi) is 3.01. The second kappa shape index (κ2) is 5.46. The molecule has 2 heterocycles. The van der Waals surface area contributed by atoms with Crippen molar-refractivity contribution in [2.75, 3.05) is 0 Å². The molecule has 3 heteroatoms. The van der Waals surface area contributed by atoms with Gasteiger partial charge in [0.15, 0.2) is 0 Å². The molecule has 0 saturated carbocycles. The lowest BCUT2D eigenvalue weighted by Crippen LogP contribution is -1.95. The molecular weight excluding hydrogens is 344 g/mol. The van der Waals surface area contributed by atoms with E-state index in [1.807, 2.05) is 12.1 Å². The normalized spacial score (nSPS) is 11.9. The molecule has 2 aromatic heterocycles. The zero-order chi connectivity index (χ0) is 18.8. The maximum Gasteiger partial charge on any atom is 0.146 e. The van der Waals surface area contributed by atoms with E-state index in [1.54, 1.807) is 0 Å². The van der Waals surface area contributed by atoms with Crippen LogP contribution >= 0.6 is 0 Å². The van der Waals surface area contributed by atoms with E-state index in [2.05, 4.69) is 79.2 Å². The van der Waals surface area contributed by atoms with Crippen molar-refractivity contribution in [3.05, 3.63) is 78.4 Å². The van der Waals surface area contributed by atoms with Crippen LogP contribution in [0, 0.1) is 6.92 Å². The van der Waals surface area contributed by atoms with Crippen LogP contribution in [0.15, 0.2) is 77.2 Å². The Bertz CT molecular complexity index is 1530. The van der Waals surface area contributed by atoms with Gasteiger partial charge in [0.05, 0.1) is 16.6 Å². The fraction of sp³-hybridized carbons (Fsp3) is 0.0800. The minimum atomic E-state index is 0.906. The summed E-state index contributed by atoms with van der Waals surface area (Å²) < 4.78 is 8.58. The standard InChI is InChI=1S/C25H18N2O/c1-15-11-12-18-19-13-16-7-3-4-8-17(16)14-22(19)28-24(18)23(15)25-26-20-9-5-6-10-21(20)27(25)2/h3-14H,1-2H3. The lowest BCUT2D eigenvalue weighted by molar-refractivity contribution is 0.669. The summed E-state index contributed by atoms with van der Waals surface area (Å²) in [4.78, 5) is 4.92. The van der Waals surface area contributed by atoms with Crippen molar-refractivity contribution in [2.24, 2.45) is 7.05 Å². The molecule has 4 aromatic carbocycles. The highest BCUT2D eigenvalue weighted by molar-refractivity contribution is 6.13. The Morgan fingerprint density at radius 2 is 1.57 bits per heavy atom. The molecule has 0 amide bonds. The van der Waals surface area contributed by atoms with Gasteiger partial charge >= 0.3 is 0 Å². The topological polar surface area (TPSA) is 31.0 Å². The Hall–Kier alpha value is -3.59. The lowest BCUT2D eigenvalue weighted by atomic mass is 10.0. The number of hydrogen-bond donors (Lipinski definition) is 0. The Labute approximate surface area is 161 Å². The number of aromatic nitrogens is 2. The molecule has 134 valence electrons. The highest BCUT2D eigenvalue weighted by atomic mass is 16.3. The van der Waals surface area contributed by atoms with Crippen molar-refractivity contribution in [2.45, 2.75) is 6.92 Å². The van der Waals surface area contributed by atoms with Gasteiger partial charge < -0.3 is 8.98 Å². The number of imidazole rings is 1. The Morgan fingerprint density at radius 1 is 0.821 bits per heavy atom. The summed E-state index contributed by atoms with van der Waals surface area (Å²) in [5.41, 5.74) is 6.17. The third kappa shape index (κ3) is 2.01. The smallest absolute Gasteiger partial charge is 0.146 e. The zero-order valence-electron chi connectivity index (χ0n) is 15.7. The van der Waals surface area contributed by atoms with Crippen LogP contribution in [0.5, 0.6) is 0 Å². The van der Waals surface area contributed by atoms with E-state index in [-0.39, 0.29) is 0 Å². The van der Waals surface area contributed by atoms with E-state index in [0.29, 0.717) is 0 Å². The quantitative estimate of drug-likeness (QED) is 0.330. The van der Waals surface area contributed by atoms with Gasteiger partial charge in [0.25, 0.3) is 0 Å². The van der Waals surface area contributed by atoms with E-state index in [4.69, 9.17) is 9.40 Å². The molecule has 0 unspecified atom stereocenters. The molecule has 0 aliphatic rings. The van der Waals surface area contributed by atoms with Crippen LogP contribution in [0.25, 0.3) is 55.1 Å². The largest absolute Gasteiger partial charge is 0.455 e. The summed E-state index contributed by atoms with van der Waals surface area (Å²) in [5, 5.41) is 4.69. The number of hydrogen-bond acceptors (Lipinski definition) is 2. The number of benzene rings is 4. The molecule has 0 spiro atoms. The van der Waals surface area contributed by atoms with Crippen molar-refractivity contribution in [1.29, 1.82) is 0 Å². The van der Waals surface area contributed by atoms with Crippen molar-refractivity contribution < 1.29 is 4.42 Å². The van der Waals surface area contributed by atoms with Crippen LogP contribution in [0.4, 0.5) is 0 Å². The first kappa shape index (κ1) is 15.5. The van der Waals surface area contributed by atoms with Crippen LogP contribution in [-0.2, 0) is 7.05 Å². The lowest BCUT2D eigenvalue weighted by Gasteiger charge is -2.07. The van der Waals surface area contributed by atoms with Gasteiger partial charge in [-0.15, -0.1) is 0 Å². The van der Waals surface area contributed by atoms with Gasteiger partial charge in [0.1, 0.15) is 17.0 Å². The molecule has 6 rings (SSSR count). The molecular formula is C25H18N2O. The molecule has 3 nitrogen and oxygen atoms in total. The highest BCUT2D eigenvalue weighted by Crippen LogP contribution is 2.39. The van der Waals surface area contributed by atoms with Gasteiger partial charge in [-0.25, -0.2) is 4.98 Å². The van der Waals surface area contributed by atoms with Crippen molar-refractivity contribution in [3.63, 3.8) is 0 Å². The highest BCUT2D eigenvalue weighted by Gasteiger charge is 2.19. The van der Waals surface area contributed by atoms with E-state index in [9.17, 15) is 0 Å². The summed E-state index contributed by atoms with van der Waals surface area (Å²) in [5.74, 6) is 0.938. The SMILES string of the molecule is Cc1ccc2c(oc3cc4ccccc4cc32)c1-c1nc2ccccc2n1C. The monoisotopic (exact) mass is 362 g/mol. The maximum absolute atomic E-state index is 6.42. The molecule has 28 heavy (non-hydrogen) atoms. The maximum atomic E-state index is 6.42. The summed E-state index contributed by atoms with van der Waals surface area (Å²) in [7, 11) is 2.07. The van der Waals surface area contributed by atoms with E-state index in [0.717, 1.165) is 49.9 Å². The van der Waals surface area contributed by atoms with E-state index < -0.39 is 0 Å². The second-order valence-electron chi connectivity index (χ2n) is 7.41. The van der Waals surface area contributed by atoms with Gasteiger partial charge in [-0.1, -0.05) is 48.5 Å². The average molecular weight is 362 g/mol. The number of fused-ring (bicyclic) bond motifs is 5.